The van der Waals surface area contributed by atoms with E-state index in [1.54, 1.807) is 18.3 Å². The number of ether oxygens (including phenoxy) is 1. The van der Waals surface area contributed by atoms with E-state index in [2.05, 4.69) is 18.5 Å². The fraction of sp³-hybridized carbons (Fsp3) is 0.289. The minimum absolute atomic E-state index is 0. The summed E-state index contributed by atoms with van der Waals surface area (Å²) in [6.45, 7) is -28.3. The number of fused-ring (bicyclic) bond motifs is 6. The average molecular weight is 1290 g/mol. The number of pyridine rings is 1. The number of aryl methyl sites for hydroxylation is 1. The molecular weight excluding hydrogens is 1180 g/mol. The molecule has 416 valence electrons. The number of aromatic nitrogens is 4. The van der Waals surface area contributed by atoms with Crippen LogP contribution in [0.25, 0.3) is 83.4 Å². The van der Waals surface area contributed by atoms with Gasteiger partial charge in [0.25, 0.3) is 6.33 Å². The molecule has 3 aromatic heterocycles. The molecule has 0 fully saturated rings. The van der Waals surface area contributed by atoms with Crippen molar-refractivity contribution in [3.8, 4) is 62.1 Å². The maximum Gasteiger partial charge on any atom is 0.268 e. The molecule has 0 spiro atoms. The normalized spacial score (nSPS) is 28.1. The zero-order valence-electron chi connectivity index (χ0n) is 84.2. The van der Waals surface area contributed by atoms with Gasteiger partial charge < -0.3 is 13.9 Å². The molecule has 0 N–H and O–H groups in total. The summed E-state index contributed by atoms with van der Waals surface area (Å²) in [7, 11) is 0. The van der Waals surface area contributed by atoms with Crippen molar-refractivity contribution in [2.24, 2.45) is 0 Å². The maximum absolute atomic E-state index is 10.6. The Kier molecular flexibility index (Phi) is 6.33. The van der Waals surface area contributed by atoms with E-state index < -0.39 is 195 Å². The number of hydrogen-bond donors (Lipinski definition) is 0. The van der Waals surface area contributed by atoms with Gasteiger partial charge in [0.2, 0.25) is 0 Å². The first-order valence-corrected chi connectivity index (χ1v) is 25.6. The summed E-state index contributed by atoms with van der Waals surface area (Å²) in [5, 5.41) is 1.56. The monoisotopic (exact) mass is 1290 g/mol. The first-order chi connectivity index (χ1) is 55.0. The van der Waals surface area contributed by atoms with Crippen LogP contribution in [0.4, 0.5) is 0 Å². The third kappa shape index (κ3) is 9.36. The molecule has 5 nitrogen and oxygen atoms in total. The number of nitrogens with zero attached hydrogens (tertiary/aromatic N) is 4. The molecule has 82 heavy (non-hydrogen) atoms. The quantitative estimate of drug-likeness (QED) is 0.107. The Labute approximate surface area is 556 Å². The minimum Gasteiger partial charge on any atom is -0.510 e. The van der Waals surface area contributed by atoms with Crippen molar-refractivity contribution in [3.63, 3.8) is 0 Å². The first kappa shape index (κ1) is 25.7. The van der Waals surface area contributed by atoms with Gasteiger partial charge in [0.1, 0.15) is 5.82 Å². The van der Waals surface area contributed by atoms with E-state index >= 15 is 0 Å². The Balaban J connectivity index is 0.0000136. The second kappa shape index (κ2) is 20.2. The second-order valence-electron chi connectivity index (χ2n) is 21.1. The summed E-state index contributed by atoms with van der Waals surface area (Å²) in [5.41, 5.74) is -30.7. The fourth-order valence-electron chi connectivity index (χ4n) is 10.5. The fourth-order valence-corrected chi connectivity index (χ4v) is 10.5. The third-order valence-electron chi connectivity index (χ3n) is 14.7. The van der Waals surface area contributed by atoms with Gasteiger partial charge in [0, 0.05) is 90.9 Å². The number of hydrogen-bond acceptors (Lipinski definition) is 2. The zero-order chi connectivity index (χ0) is 90.6. The molecule has 0 saturated heterocycles. The zero-order valence-corrected chi connectivity index (χ0v) is 46.5. The van der Waals surface area contributed by atoms with Crippen molar-refractivity contribution in [3.05, 3.63) is 222 Å². The van der Waals surface area contributed by atoms with E-state index in [0.29, 0.717) is 18.3 Å². The molecule has 8 aromatic carbocycles. The van der Waals surface area contributed by atoms with E-state index in [4.69, 9.17) is 26.2 Å². The van der Waals surface area contributed by atoms with E-state index in [1.807, 2.05) is 61.7 Å². The van der Waals surface area contributed by atoms with Gasteiger partial charge in [-0.2, -0.15) is 18.2 Å². The standard InChI is InChI=1S/C76H74N4O.Pt/c1-13-76(12)40-39-75(10,11)65-43-51(29-34-63(65)76)59-26-19-25-58(50-28-33-62-64(42-50)74(8,9)38-37-73(62,6)7)71(59)79-48-78(67-35-30-52(44-69(67)79)57-23-15-14-20-49(57)2)54-21-18-22-55(46-54)81-56-31-32-61-60-24-16-17-27-66(60)80(68(61)47-56)70-45-53(36-41-77-70)72(3,4)5;/h14-36,41-45H,13,37-40H2,1-12H3;/q-2;/i2D3,6D3,7D3,8D3,9D3,10D3,11D3,12D3,13D2,28D,29D,33D,34D,37D2,38D2,39D2,40D2,42D,43D;. The second-order valence-corrected chi connectivity index (χ2v) is 21.1. The number of para-hydroxylation sites is 2. The Morgan fingerprint density at radius 3 is 2.05 bits per heavy atom. The smallest absolute Gasteiger partial charge is 0.268 e. The van der Waals surface area contributed by atoms with Gasteiger partial charge in [0.15, 0.2) is 0 Å². The van der Waals surface area contributed by atoms with Gasteiger partial charge in [-0.3, -0.25) is 4.57 Å². The van der Waals surface area contributed by atoms with Crippen LogP contribution >= 0.6 is 0 Å². The number of rotatable bonds is 9. The molecule has 0 amide bonds. The molecule has 0 radical (unpaired) electrons. The summed E-state index contributed by atoms with van der Waals surface area (Å²) in [5.74, 6) is 0.543. The Morgan fingerprint density at radius 2 is 1.32 bits per heavy atom. The Bertz CT molecular complexity index is 5850. The summed E-state index contributed by atoms with van der Waals surface area (Å²) >= 11 is 0. The van der Waals surface area contributed by atoms with Crippen LogP contribution in [0.3, 0.4) is 0 Å². The molecule has 0 aliphatic heterocycles. The van der Waals surface area contributed by atoms with Crippen molar-refractivity contribution in [1.82, 2.24) is 14.1 Å². The van der Waals surface area contributed by atoms with Gasteiger partial charge >= 0.3 is 0 Å². The van der Waals surface area contributed by atoms with Crippen LogP contribution in [-0.2, 0) is 48.1 Å². The molecule has 3 heterocycles. The van der Waals surface area contributed by atoms with Gasteiger partial charge in [-0.05, 0) is 168 Å². The number of imidazole rings is 1. The van der Waals surface area contributed by atoms with E-state index in [-0.39, 0.29) is 71.4 Å². The Hall–Kier alpha value is -7.33. The van der Waals surface area contributed by atoms with Crippen molar-refractivity contribution in [2.45, 2.75) is 141 Å². The Morgan fingerprint density at radius 1 is 0.646 bits per heavy atom. The predicted molar refractivity (Wildman–Crippen MR) is 335 cm³/mol. The van der Waals surface area contributed by atoms with Gasteiger partial charge in [-0.1, -0.05) is 190 Å². The van der Waals surface area contributed by atoms with Gasteiger partial charge in [-0.15, -0.1) is 29.7 Å². The first-order valence-electron chi connectivity index (χ1n) is 45.6. The molecule has 0 saturated carbocycles. The summed E-state index contributed by atoms with van der Waals surface area (Å²) in [4.78, 5) is 4.76. The largest absolute Gasteiger partial charge is 0.510 e. The van der Waals surface area contributed by atoms with Crippen LogP contribution < -0.4 is 9.30 Å². The van der Waals surface area contributed by atoms with Crippen molar-refractivity contribution in [1.29, 1.82) is 0 Å². The van der Waals surface area contributed by atoms with Crippen LogP contribution in [0, 0.1) is 25.3 Å². The van der Waals surface area contributed by atoms with Crippen molar-refractivity contribution < 1.29 is 85.2 Å². The number of benzene rings is 8. The average Bonchev–Trinajstić information content (AvgIpc) is 0.637. The van der Waals surface area contributed by atoms with E-state index in [9.17, 15) is 38.4 Å². The topological polar surface area (TPSA) is 35.9 Å². The van der Waals surface area contributed by atoms with Crippen molar-refractivity contribution in [2.75, 3.05) is 0 Å². The molecule has 13 rings (SSSR count). The molecule has 11 aromatic rings. The molecular formula is C76H74N4OPt-2. The molecule has 6 heteroatoms. The third-order valence-corrected chi connectivity index (χ3v) is 14.7. The van der Waals surface area contributed by atoms with Crippen LogP contribution in [-0.4, -0.2) is 14.1 Å². The summed E-state index contributed by atoms with van der Waals surface area (Å²) in [6, 6.07) is 27.4. The van der Waals surface area contributed by atoms with Gasteiger partial charge in [0.05, 0.1) is 24.9 Å². The minimum atomic E-state index is -4.91. The summed E-state index contributed by atoms with van der Waals surface area (Å²) in [6.07, 6.45) is -18.3. The van der Waals surface area contributed by atoms with Crippen LogP contribution in [0.15, 0.2) is 170 Å². The van der Waals surface area contributed by atoms with E-state index in [1.165, 1.54) is 65.2 Å². The summed E-state index contributed by atoms with van der Waals surface area (Å²) < 4.78 is 386. The van der Waals surface area contributed by atoms with Gasteiger partial charge in [-0.25, -0.2) is 4.98 Å². The van der Waals surface area contributed by atoms with E-state index in [0.717, 1.165) is 44.6 Å². The molecule has 0 bridgehead atoms. The van der Waals surface area contributed by atoms with Crippen LogP contribution in [0.5, 0.6) is 11.5 Å². The van der Waals surface area contributed by atoms with Crippen LogP contribution in [0.1, 0.15) is 196 Å². The molecule has 1 atom stereocenters. The molecule has 2 aliphatic rings. The molecule has 1 unspecified atom stereocenters. The van der Waals surface area contributed by atoms with Crippen molar-refractivity contribution >= 4 is 32.8 Å². The van der Waals surface area contributed by atoms with Crippen LogP contribution in [0.2, 0.25) is 0 Å². The maximum atomic E-state index is 10.6. The predicted octanol–water partition coefficient (Wildman–Crippen LogP) is 19.3. The SMILES string of the molecule is [2H]c1c([2H])c2c(c([2H])c1-c1cccc(-c3c([2H])c([2H])c4c(c3[2H])C(C([2H])([2H])[2H])(C([2H])([2H])[2H])C([2H])([2H])C([2H])([2H])C4(C([2H])([2H])[2H])C([2H])([2H])C)c1-[n+]1[c-]n(-c3[c-]c(Oc4[c-]c5c(cc4)c4ccccc4n5-c4cc(C(C)(C)C)ccn4)ccc3)c3ccc(-c4ccccc4C([2H])([2H])[2H])cc31)C(C([2H])([2H])[2H])(C([2H])([2H])[2H])C([2H])([2H])C([2H])([2H])C2(C([2H])([2H])[2H])C([2H])([2H])[2H].[Pt]. The molecule has 2 aliphatic carbocycles.